The number of carbonyl (C=O) groups excluding carboxylic acids is 1. The number of carbonyl (C=O) groups is 1. The number of rotatable bonds is 1. The lowest BCUT2D eigenvalue weighted by molar-refractivity contribution is 0.112. The second kappa shape index (κ2) is 5.18. The van der Waals surface area contributed by atoms with E-state index in [2.05, 4.69) is 32.0 Å². The van der Waals surface area contributed by atoms with Gasteiger partial charge in [0.05, 0.1) is 11.6 Å². The molecule has 0 aromatic heterocycles. The van der Waals surface area contributed by atoms with Gasteiger partial charge in [-0.2, -0.15) is 5.26 Å². The van der Waals surface area contributed by atoms with E-state index >= 15 is 0 Å². The van der Waals surface area contributed by atoms with Gasteiger partial charge in [0, 0.05) is 10.9 Å². The van der Waals surface area contributed by atoms with Crippen molar-refractivity contribution in [3.63, 3.8) is 0 Å². The monoisotopic (exact) mass is 309 g/mol. The largest absolute Gasteiger partial charge is 0.298 e. The van der Waals surface area contributed by atoms with Crippen LogP contribution in [0.25, 0.3) is 32.3 Å². The Kier molecular flexibility index (Phi) is 3.11. The molecule has 4 aromatic rings. The van der Waals surface area contributed by atoms with Gasteiger partial charge in [-0.3, -0.25) is 4.79 Å². The van der Waals surface area contributed by atoms with Gasteiger partial charge in [-0.25, -0.2) is 0 Å². The molecular formula is C22H15NO. The summed E-state index contributed by atoms with van der Waals surface area (Å²) in [6, 6.07) is 18.2. The number of hydrogen-bond donors (Lipinski definition) is 0. The van der Waals surface area contributed by atoms with E-state index in [1.54, 1.807) is 0 Å². The molecule has 0 aliphatic rings. The van der Waals surface area contributed by atoms with Crippen molar-refractivity contribution in [3.05, 3.63) is 70.8 Å². The number of nitriles is 1. The van der Waals surface area contributed by atoms with Crippen molar-refractivity contribution in [3.8, 4) is 6.07 Å². The SMILES string of the molecule is Cc1cccc2c(C#N)cc3cc(C=O)c4cccc(C)c4c3c12. The summed E-state index contributed by atoms with van der Waals surface area (Å²) in [6.45, 7) is 4.14. The maximum absolute atomic E-state index is 11.6. The first-order valence-corrected chi connectivity index (χ1v) is 7.89. The fourth-order valence-electron chi connectivity index (χ4n) is 3.73. The Morgan fingerprint density at radius 1 is 0.875 bits per heavy atom. The lowest BCUT2D eigenvalue weighted by atomic mass is 9.88. The fraction of sp³-hybridized carbons (Fsp3) is 0.0909. The third kappa shape index (κ3) is 1.85. The van der Waals surface area contributed by atoms with Crippen LogP contribution >= 0.6 is 0 Å². The molecule has 0 radical (unpaired) electrons. The van der Waals surface area contributed by atoms with E-state index in [0.717, 1.165) is 49.7 Å². The molecule has 0 spiro atoms. The molecule has 0 N–H and O–H groups in total. The van der Waals surface area contributed by atoms with Crippen LogP contribution < -0.4 is 0 Å². The van der Waals surface area contributed by atoms with Crippen LogP contribution in [-0.4, -0.2) is 6.29 Å². The average Bonchev–Trinajstić information content (AvgIpc) is 2.60. The Morgan fingerprint density at radius 2 is 1.50 bits per heavy atom. The van der Waals surface area contributed by atoms with Gasteiger partial charge in [-0.1, -0.05) is 36.4 Å². The molecule has 0 amide bonds. The minimum Gasteiger partial charge on any atom is -0.298 e. The van der Waals surface area contributed by atoms with E-state index in [1.807, 2.05) is 36.4 Å². The Morgan fingerprint density at radius 3 is 2.12 bits per heavy atom. The zero-order valence-corrected chi connectivity index (χ0v) is 13.6. The first kappa shape index (κ1) is 14.4. The van der Waals surface area contributed by atoms with Crippen molar-refractivity contribution in [2.24, 2.45) is 0 Å². The van der Waals surface area contributed by atoms with Crippen LogP contribution in [0.1, 0.15) is 27.0 Å². The minimum atomic E-state index is 0.644. The lowest BCUT2D eigenvalue weighted by Crippen LogP contribution is -1.93. The molecule has 0 unspecified atom stereocenters. The molecule has 0 fully saturated rings. The van der Waals surface area contributed by atoms with E-state index in [1.165, 1.54) is 0 Å². The number of aldehydes is 1. The molecule has 0 aliphatic carbocycles. The maximum Gasteiger partial charge on any atom is 0.150 e. The summed E-state index contributed by atoms with van der Waals surface area (Å²) in [5.41, 5.74) is 3.58. The molecule has 24 heavy (non-hydrogen) atoms. The summed E-state index contributed by atoms with van der Waals surface area (Å²) in [6.07, 6.45) is 0.898. The van der Waals surface area contributed by atoms with Crippen molar-refractivity contribution < 1.29 is 4.79 Å². The van der Waals surface area contributed by atoms with Gasteiger partial charge in [-0.15, -0.1) is 0 Å². The van der Waals surface area contributed by atoms with Crippen LogP contribution in [0.15, 0.2) is 48.5 Å². The van der Waals surface area contributed by atoms with E-state index in [-0.39, 0.29) is 0 Å². The van der Waals surface area contributed by atoms with E-state index in [9.17, 15) is 10.1 Å². The molecule has 2 heteroatoms. The summed E-state index contributed by atoms with van der Waals surface area (Å²) in [5.74, 6) is 0. The predicted molar refractivity (Wildman–Crippen MR) is 98.5 cm³/mol. The Labute approximate surface area is 139 Å². The third-order valence-corrected chi connectivity index (χ3v) is 4.79. The highest BCUT2D eigenvalue weighted by atomic mass is 16.1. The average molecular weight is 309 g/mol. The van der Waals surface area contributed by atoms with Crippen LogP contribution in [0.5, 0.6) is 0 Å². The summed E-state index contributed by atoms with van der Waals surface area (Å²) in [5, 5.41) is 15.8. The number of aryl methyl sites for hydroxylation is 2. The van der Waals surface area contributed by atoms with Gasteiger partial charge in [0.15, 0.2) is 6.29 Å². The highest BCUT2D eigenvalue weighted by Crippen LogP contribution is 2.38. The van der Waals surface area contributed by atoms with Gasteiger partial charge in [0.1, 0.15) is 0 Å². The van der Waals surface area contributed by atoms with Crippen molar-refractivity contribution in [2.45, 2.75) is 13.8 Å². The summed E-state index contributed by atoms with van der Waals surface area (Å²) < 4.78 is 0. The quantitative estimate of drug-likeness (QED) is 0.346. The zero-order chi connectivity index (χ0) is 16.8. The van der Waals surface area contributed by atoms with Crippen LogP contribution in [0.2, 0.25) is 0 Å². The van der Waals surface area contributed by atoms with Gasteiger partial charge in [-0.05, 0) is 64.0 Å². The van der Waals surface area contributed by atoms with Crippen molar-refractivity contribution in [1.29, 1.82) is 5.26 Å². The molecular weight excluding hydrogens is 294 g/mol. The van der Waals surface area contributed by atoms with Gasteiger partial charge < -0.3 is 0 Å². The van der Waals surface area contributed by atoms with Crippen molar-refractivity contribution in [2.75, 3.05) is 0 Å². The lowest BCUT2D eigenvalue weighted by Gasteiger charge is -2.14. The van der Waals surface area contributed by atoms with E-state index < -0.39 is 0 Å². The molecule has 0 saturated carbocycles. The molecule has 0 aliphatic heterocycles. The maximum atomic E-state index is 11.6. The molecule has 0 saturated heterocycles. The topological polar surface area (TPSA) is 40.9 Å². The predicted octanol–water partition coefficient (Wildman–Crippen LogP) is 5.45. The minimum absolute atomic E-state index is 0.644. The smallest absolute Gasteiger partial charge is 0.150 e. The summed E-state index contributed by atoms with van der Waals surface area (Å²) in [7, 11) is 0. The van der Waals surface area contributed by atoms with Gasteiger partial charge in [0.2, 0.25) is 0 Å². The van der Waals surface area contributed by atoms with Crippen LogP contribution in [0.4, 0.5) is 0 Å². The van der Waals surface area contributed by atoms with E-state index in [4.69, 9.17) is 0 Å². The molecule has 2 nitrogen and oxygen atoms in total. The standard InChI is InChI=1S/C22H15NO/c1-13-5-3-7-18-16(11-23)9-15-10-17(12-24)19-8-4-6-14(2)21(19)22(15)20(13)18/h3-10,12H,1-2H3. The van der Waals surface area contributed by atoms with Gasteiger partial charge >= 0.3 is 0 Å². The summed E-state index contributed by atoms with van der Waals surface area (Å²) in [4.78, 5) is 11.6. The second-order valence-corrected chi connectivity index (χ2v) is 6.21. The highest BCUT2D eigenvalue weighted by Gasteiger charge is 2.14. The number of nitrogens with zero attached hydrogens (tertiary/aromatic N) is 1. The zero-order valence-electron chi connectivity index (χ0n) is 13.6. The molecule has 0 bridgehead atoms. The van der Waals surface area contributed by atoms with Crippen LogP contribution in [0, 0.1) is 25.2 Å². The van der Waals surface area contributed by atoms with Crippen molar-refractivity contribution in [1.82, 2.24) is 0 Å². The second-order valence-electron chi connectivity index (χ2n) is 6.21. The molecule has 0 heterocycles. The fourth-order valence-corrected chi connectivity index (χ4v) is 3.73. The van der Waals surface area contributed by atoms with Crippen LogP contribution in [0.3, 0.4) is 0 Å². The highest BCUT2D eigenvalue weighted by molar-refractivity contribution is 6.25. The Bertz CT molecular complexity index is 1200. The Balaban J connectivity index is 2.45. The Hall–Kier alpha value is -3.18. The third-order valence-electron chi connectivity index (χ3n) is 4.79. The summed E-state index contributed by atoms with van der Waals surface area (Å²) >= 11 is 0. The normalized spacial score (nSPS) is 11.0. The first-order valence-electron chi connectivity index (χ1n) is 7.89. The number of fused-ring (bicyclic) bond motifs is 5. The first-order chi connectivity index (χ1) is 11.7. The number of benzene rings is 4. The molecule has 4 aromatic carbocycles. The van der Waals surface area contributed by atoms with E-state index in [0.29, 0.717) is 11.1 Å². The molecule has 4 rings (SSSR count). The van der Waals surface area contributed by atoms with Crippen molar-refractivity contribution >= 4 is 38.6 Å². The molecule has 114 valence electrons. The van der Waals surface area contributed by atoms with Crippen LogP contribution in [-0.2, 0) is 0 Å². The van der Waals surface area contributed by atoms with Gasteiger partial charge in [0.25, 0.3) is 0 Å². The molecule has 0 atom stereocenters. The number of hydrogen-bond acceptors (Lipinski definition) is 2.